The summed E-state index contributed by atoms with van der Waals surface area (Å²) in [5.74, 6) is 0.884. The van der Waals surface area contributed by atoms with Gasteiger partial charge in [-0.1, -0.05) is 12.1 Å². The number of carboxylic acid groups (broad SMARTS) is 1. The van der Waals surface area contributed by atoms with Gasteiger partial charge in [-0.25, -0.2) is 4.79 Å². The number of hydrogen-bond acceptors (Lipinski definition) is 7. The lowest BCUT2D eigenvalue weighted by Crippen LogP contribution is -2.46. The molecule has 0 aliphatic carbocycles. The van der Waals surface area contributed by atoms with E-state index in [0.29, 0.717) is 17.8 Å². The molecule has 1 aliphatic heterocycles. The molecule has 2 N–H and O–H groups in total. The van der Waals surface area contributed by atoms with Gasteiger partial charge in [0.2, 0.25) is 0 Å². The minimum absolute atomic E-state index is 0.221. The van der Waals surface area contributed by atoms with Crippen molar-refractivity contribution in [3.05, 3.63) is 40.6 Å². The number of unbranched alkanes of at least 4 members (excludes halogenated alkanes) is 1. The summed E-state index contributed by atoms with van der Waals surface area (Å²) in [6.45, 7) is 11.0. The molecule has 0 saturated carbocycles. The SMILES string of the molecule is CC(C)(C)N(C(=O)O)c1cscc1C(=O)NCCCCN1CCN(c2nsc3ccccc23)CC1. The van der Waals surface area contributed by atoms with Crippen molar-refractivity contribution >= 4 is 56.5 Å². The van der Waals surface area contributed by atoms with Crippen molar-refractivity contribution in [2.45, 2.75) is 39.2 Å². The lowest BCUT2D eigenvalue weighted by molar-refractivity contribution is 0.0953. The summed E-state index contributed by atoms with van der Waals surface area (Å²) in [6.07, 6.45) is 0.817. The molecule has 188 valence electrons. The van der Waals surface area contributed by atoms with Crippen LogP contribution < -0.4 is 15.1 Å². The Kier molecular flexibility index (Phi) is 7.93. The van der Waals surface area contributed by atoms with Crippen LogP contribution in [0.5, 0.6) is 0 Å². The number of piperazine rings is 1. The molecule has 4 rings (SSSR count). The van der Waals surface area contributed by atoms with Crippen LogP contribution >= 0.6 is 22.9 Å². The van der Waals surface area contributed by atoms with Crippen molar-refractivity contribution in [2.24, 2.45) is 0 Å². The Morgan fingerprint density at radius 2 is 1.86 bits per heavy atom. The molecule has 0 spiro atoms. The summed E-state index contributed by atoms with van der Waals surface area (Å²) in [4.78, 5) is 30.7. The Labute approximate surface area is 214 Å². The number of hydrogen-bond donors (Lipinski definition) is 2. The number of benzene rings is 1. The van der Waals surface area contributed by atoms with Crippen LogP contribution in [0.15, 0.2) is 35.0 Å². The number of nitrogens with one attached hydrogen (secondary N) is 1. The Morgan fingerprint density at radius 3 is 2.57 bits per heavy atom. The van der Waals surface area contributed by atoms with Gasteiger partial charge < -0.3 is 15.3 Å². The van der Waals surface area contributed by atoms with E-state index >= 15 is 0 Å². The maximum atomic E-state index is 12.7. The van der Waals surface area contributed by atoms with Crippen molar-refractivity contribution in [1.82, 2.24) is 14.6 Å². The van der Waals surface area contributed by atoms with E-state index in [-0.39, 0.29) is 5.91 Å². The molecule has 3 aromatic rings. The molecule has 3 heterocycles. The molecule has 0 radical (unpaired) electrons. The third-order valence-corrected chi connectivity index (χ3v) is 7.75. The number of carbonyl (C=O) groups excluding carboxylic acids is 1. The van der Waals surface area contributed by atoms with E-state index < -0.39 is 11.6 Å². The normalized spacial score (nSPS) is 14.9. The van der Waals surface area contributed by atoms with Gasteiger partial charge in [0.25, 0.3) is 5.91 Å². The monoisotopic (exact) mass is 515 g/mol. The van der Waals surface area contributed by atoms with E-state index in [1.807, 2.05) is 20.8 Å². The topological polar surface area (TPSA) is 89.0 Å². The van der Waals surface area contributed by atoms with E-state index in [1.165, 1.54) is 26.3 Å². The van der Waals surface area contributed by atoms with Crippen molar-refractivity contribution in [3.63, 3.8) is 0 Å². The second-order valence-corrected chi connectivity index (χ2v) is 11.3. The number of amides is 2. The van der Waals surface area contributed by atoms with Crippen LogP contribution in [0.2, 0.25) is 0 Å². The fourth-order valence-corrected chi connectivity index (χ4v) is 6.02. The highest BCUT2D eigenvalue weighted by molar-refractivity contribution is 7.13. The van der Waals surface area contributed by atoms with Crippen molar-refractivity contribution in [3.8, 4) is 0 Å². The highest BCUT2D eigenvalue weighted by Crippen LogP contribution is 2.31. The molecule has 1 saturated heterocycles. The van der Waals surface area contributed by atoms with Gasteiger partial charge in [0.15, 0.2) is 0 Å². The molecule has 2 amide bonds. The Hall–Kier alpha value is -2.69. The molecule has 1 fully saturated rings. The van der Waals surface area contributed by atoms with Crippen LogP contribution in [-0.2, 0) is 0 Å². The molecule has 8 nitrogen and oxygen atoms in total. The van der Waals surface area contributed by atoms with Crippen molar-refractivity contribution in [1.29, 1.82) is 0 Å². The Bertz CT molecular complexity index is 1160. The number of rotatable bonds is 8. The Balaban J connectivity index is 1.20. The predicted octanol–water partition coefficient (Wildman–Crippen LogP) is 4.97. The van der Waals surface area contributed by atoms with E-state index in [1.54, 1.807) is 22.3 Å². The molecule has 1 aromatic carbocycles. The summed E-state index contributed by atoms with van der Waals surface area (Å²) in [6, 6.07) is 8.40. The van der Waals surface area contributed by atoms with Crippen LogP contribution in [0, 0.1) is 0 Å². The van der Waals surface area contributed by atoms with Crippen molar-refractivity contribution in [2.75, 3.05) is 49.1 Å². The number of fused-ring (bicyclic) bond motifs is 1. The predicted molar refractivity (Wildman–Crippen MR) is 144 cm³/mol. The number of aromatic nitrogens is 1. The zero-order chi connectivity index (χ0) is 25.0. The number of nitrogens with zero attached hydrogens (tertiary/aromatic N) is 4. The van der Waals surface area contributed by atoms with Crippen LogP contribution in [0.25, 0.3) is 10.1 Å². The molecule has 0 atom stereocenters. The summed E-state index contributed by atoms with van der Waals surface area (Å²) >= 11 is 2.90. The quantitative estimate of drug-likeness (QED) is 0.412. The standard InChI is InChI=1S/C25H33N5O3S2/c1-25(2,3)30(24(32)33)20-17-34-16-19(20)23(31)26-10-6-7-11-28-12-14-29(15-13-28)22-18-8-4-5-9-21(18)35-27-22/h4-5,8-9,16-17H,6-7,10-15H2,1-3H3,(H,26,31)(H,32,33). The van der Waals surface area contributed by atoms with Crippen LogP contribution in [0.4, 0.5) is 16.3 Å². The van der Waals surface area contributed by atoms with Crippen molar-refractivity contribution < 1.29 is 14.7 Å². The van der Waals surface area contributed by atoms with Gasteiger partial charge in [-0.3, -0.25) is 14.6 Å². The van der Waals surface area contributed by atoms with E-state index in [2.05, 4.69) is 43.8 Å². The second-order valence-electron chi connectivity index (χ2n) is 9.75. The average molecular weight is 516 g/mol. The smallest absolute Gasteiger partial charge is 0.412 e. The fraction of sp³-hybridized carbons (Fsp3) is 0.480. The van der Waals surface area contributed by atoms with Crippen LogP contribution in [-0.4, -0.2) is 71.2 Å². The van der Waals surface area contributed by atoms with Crippen LogP contribution in [0.3, 0.4) is 0 Å². The molecule has 35 heavy (non-hydrogen) atoms. The maximum absolute atomic E-state index is 12.7. The molecule has 0 unspecified atom stereocenters. The van der Waals surface area contributed by atoms with Gasteiger partial charge in [0, 0.05) is 54.4 Å². The lowest BCUT2D eigenvalue weighted by Gasteiger charge is -2.35. The summed E-state index contributed by atoms with van der Waals surface area (Å²) in [5.41, 5.74) is 0.217. The molecular formula is C25H33N5O3S2. The number of anilines is 2. The summed E-state index contributed by atoms with van der Waals surface area (Å²) in [7, 11) is 0. The van der Waals surface area contributed by atoms with Gasteiger partial charge in [-0.2, -0.15) is 4.37 Å². The third kappa shape index (κ3) is 5.94. The second kappa shape index (κ2) is 10.9. The first-order valence-electron chi connectivity index (χ1n) is 11.9. The van der Waals surface area contributed by atoms with Gasteiger partial charge in [-0.05, 0) is 63.8 Å². The van der Waals surface area contributed by atoms with Gasteiger partial charge in [0.1, 0.15) is 5.82 Å². The molecule has 1 aliphatic rings. The molecule has 2 aromatic heterocycles. The van der Waals surface area contributed by atoms with Gasteiger partial charge >= 0.3 is 6.09 Å². The fourth-order valence-electron chi connectivity index (χ4n) is 4.43. The van der Waals surface area contributed by atoms with Gasteiger partial charge in [-0.15, -0.1) is 11.3 Å². The minimum Gasteiger partial charge on any atom is -0.465 e. The molecule has 0 bridgehead atoms. The van der Waals surface area contributed by atoms with E-state index in [0.717, 1.165) is 51.4 Å². The first kappa shape index (κ1) is 25.4. The zero-order valence-corrected chi connectivity index (χ0v) is 22.1. The maximum Gasteiger partial charge on any atom is 0.412 e. The lowest BCUT2D eigenvalue weighted by atomic mass is 10.1. The zero-order valence-electron chi connectivity index (χ0n) is 20.5. The van der Waals surface area contributed by atoms with E-state index in [4.69, 9.17) is 0 Å². The third-order valence-electron chi connectivity index (χ3n) is 6.21. The van der Waals surface area contributed by atoms with Crippen LogP contribution in [0.1, 0.15) is 44.0 Å². The van der Waals surface area contributed by atoms with Gasteiger partial charge in [0.05, 0.1) is 16.0 Å². The number of carbonyl (C=O) groups is 2. The molecule has 10 heteroatoms. The largest absolute Gasteiger partial charge is 0.465 e. The highest BCUT2D eigenvalue weighted by atomic mass is 32.1. The summed E-state index contributed by atoms with van der Waals surface area (Å²) < 4.78 is 5.91. The molecular weight excluding hydrogens is 482 g/mol. The number of thiophene rings is 1. The average Bonchev–Trinajstić information content (AvgIpc) is 3.45. The summed E-state index contributed by atoms with van der Waals surface area (Å²) in [5, 5.41) is 17.3. The first-order valence-corrected chi connectivity index (χ1v) is 13.7. The first-order chi connectivity index (χ1) is 16.8. The van der Waals surface area contributed by atoms with E-state index in [9.17, 15) is 14.7 Å². The minimum atomic E-state index is -1.06. The highest BCUT2D eigenvalue weighted by Gasteiger charge is 2.31. The Morgan fingerprint density at radius 1 is 1.11 bits per heavy atom.